The summed E-state index contributed by atoms with van der Waals surface area (Å²) in [6, 6.07) is 0. The first-order chi connectivity index (χ1) is 8.20. The van der Waals surface area contributed by atoms with Gasteiger partial charge < -0.3 is 4.74 Å². The Balaban J connectivity index is 1.92. The van der Waals surface area contributed by atoms with Crippen molar-refractivity contribution in [1.29, 1.82) is 0 Å². The summed E-state index contributed by atoms with van der Waals surface area (Å²) in [5.41, 5.74) is 1.91. The molecule has 1 fully saturated rings. The van der Waals surface area contributed by atoms with Crippen LogP contribution in [0.5, 0.6) is 0 Å². The molecule has 5 heteroatoms. The third kappa shape index (κ3) is 3.21. The average Bonchev–Trinajstić information content (AvgIpc) is 2.62. The van der Waals surface area contributed by atoms with Crippen molar-refractivity contribution in [3.8, 4) is 0 Å². The van der Waals surface area contributed by atoms with Crippen molar-refractivity contribution in [3.05, 3.63) is 16.4 Å². The molecule has 0 spiro atoms. The molecule has 1 aromatic heterocycles. The molecule has 96 valence electrons. The molecule has 0 radical (unpaired) electrons. The fourth-order valence-electron chi connectivity index (χ4n) is 2.45. The van der Waals surface area contributed by atoms with Crippen LogP contribution in [0.25, 0.3) is 0 Å². The Kier molecular flexibility index (Phi) is 4.42. The maximum Gasteiger partial charge on any atom is 0.0951 e. The van der Waals surface area contributed by atoms with Gasteiger partial charge in [0.05, 0.1) is 23.0 Å². The summed E-state index contributed by atoms with van der Waals surface area (Å²) in [7, 11) is 1.77. The Labute approximate surface area is 107 Å². The van der Waals surface area contributed by atoms with Gasteiger partial charge >= 0.3 is 0 Å². The molecule has 1 saturated heterocycles. The van der Waals surface area contributed by atoms with Crippen molar-refractivity contribution in [2.24, 2.45) is 5.92 Å². The number of likely N-dealkylation sites (tertiary alicyclic amines) is 1. The fourth-order valence-corrected chi connectivity index (χ4v) is 2.59. The van der Waals surface area contributed by atoms with Gasteiger partial charge in [-0.3, -0.25) is 10.00 Å². The summed E-state index contributed by atoms with van der Waals surface area (Å²) >= 11 is 6.18. The summed E-state index contributed by atoms with van der Waals surface area (Å²) in [4.78, 5) is 2.41. The third-order valence-electron chi connectivity index (χ3n) is 3.32. The second kappa shape index (κ2) is 5.85. The highest BCUT2D eigenvalue weighted by Crippen LogP contribution is 2.22. The van der Waals surface area contributed by atoms with E-state index < -0.39 is 0 Å². The minimum Gasteiger partial charge on any atom is -0.384 e. The van der Waals surface area contributed by atoms with E-state index in [1.807, 2.05) is 6.92 Å². The lowest BCUT2D eigenvalue weighted by Gasteiger charge is -2.31. The largest absolute Gasteiger partial charge is 0.384 e. The number of methoxy groups -OCH3 is 1. The Bertz CT molecular complexity index is 365. The highest BCUT2D eigenvalue weighted by Gasteiger charge is 2.21. The Morgan fingerprint density at radius 2 is 2.41 bits per heavy atom. The van der Waals surface area contributed by atoms with Crippen LogP contribution in [-0.2, 0) is 11.3 Å². The first-order valence-electron chi connectivity index (χ1n) is 6.11. The summed E-state index contributed by atoms with van der Waals surface area (Å²) in [5.74, 6) is 0.646. The Hall–Kier alpha value is -0.580. The van der Waals surface area contributed by atoms with Crippen molar-refractivity contribution >= 4 is 11.6 Å². The zero-order valence-electron chi connectivity index (χ0n) is 10.5. The molecule has 1 atom stereocenters. The lowest BCUT2D eigenvalue weighted by molar-refractivity contribution is 0.0868. The predicted octanol–water partition coefficient (Wildman–Crippen LogP) is 2.23. The van der Waals surface area contributed by atoms with Gasteiger partial charge in [0.1, 0.15) is 0 Å². The van der Waals surface area contributed by atoms with Crippen LogP contribution in [0.4, 0.5) is 0 Å². The summed E-state index contributed by atoms with van der Waals surface area (Å²) in [6.45, 7) is 5.84. The number of hydrogen-bond acceptors (Lipinski definition) is 3. The van der Waals surface area contributed by atoms with Crippen LogP contribution in [0.2, 0.25) is 5.02 Å². The molecule has 4 nitrogen and oxygen atoms in total. The number of halogens is 1. The zero-order valence-corrected chi connectivity index (χ0v) is 11.3. The fraction of sp³-hybridized carbons (Fsp3) is 0.750. The molecule has 1 aliphatic rings. The number of ether oxygens (including phenoxy) is 1. The molecular formula is C12H20ClN3O. The third-order valence-corrected chi connectivity index (χ3v) is 3.82. The smallest absolute Gasteiger partial charge is 0.0951 e. The van der Waals surface area contributed by atoms with Gasteiger partial charge in [0.15, 0.2) is 0 Å². The van der Waals surface area contributed by atoms with E-state index in [-0.39, 0.29) is 0 Å². The molecule has 0 unspecified atom stereocenters. The number of piperidine rings is 1. The van der Waals surface area contributed by atoms with E-state index in [2.05, 4.69) is 15.1 Å². The molecule has 0 amide bonds. The normalized spacial score (nSPS) is 21.9. The number of hydrogen-bond donors (Lipinski definition) is 1. The topological polar surface area (TPSA) is 41.1 Å². The highest BCUT2D eigenvalue weighted by molar-refractivity contribution is 6.31. The number of nitrogens with zero attached hydrogens (tertiary/aromatic N) is 2. The van der Waals surface area contributed by atoms with Gasteiger partial charge in [-0.2, -0.15) is 5.10 Å². The average molecular weight is 258 g/mol. The van der Waals surface area contributed by atoms with Gasteiger partial charge in [0.2, 0.25) is 0 Å². The van der Waals surface area contributed by atoms with Gasteiger partial charge in [-0.25, -0.2) is 0 Å². The van der Waals surface area contributed by atoms with Gasteiger partial charge in [0, 0.05) is 20.2 Å². The van der Waals surface area contributed by atoms with Gasteiger partial charge in [-0.05, 0) is 32.2 Å². The summed E-state index contributed by atoms with van der Waals surface area (Å²) < 4.78 is 5.23. The van der Waals surface area contributed by atoms with Crippen LogP contribution >= 0.6 is 11.6 Å². The predicted molar refractivity (Wildman–Crippen MR) is 68.2 cm³/mol. The van der Waals surface area contributed by atoms with Crippen molar-refractivity contribution in [2.45, 2.75) is 26.3 Å². The first kappa shape index (κ1) is 12.9. The molecule has 17 heavy (non-hydrogen) atoms. The van der Waals surface area contributed by atoms with Crippen LogP contribution in [0.3, 0.4) is 0 Å². The van der Waals surface area contributed by atoms with Crippen LogP contribution in [0.15, 0.2) is 0 Å². The maximum absolute atomic E-state index is 6.18. The van der Waals surface area contributed by atoms with Crippen molar-refractivity contribution in [2.75, 3.05) is 26.8 Å². The number of aromatic amines is 1. The van der Waals surface area contributed by atoms with E-state index in [9.17, 15) is 0 Å². The standard InChI is InChI=1S/C12H20ClN3O/c1-9-12(13)11(15-14-9)7-16-5-3-4-10(6-16)8-17-2/h10H,3-8H2,1-2H3,(H,14,15)/t10-/m1/s1. The van der Waals surface area contributed by atoms with Crippen molar-refractivity contribution in [3.63, 3.8) is 0 Å². The molecule has 1 N–H and O–H groups in total. The van der Waals surface area contributed by atoms with Crippen molar-refractivity contribution < 1.29 is 4.74 Å². The van der Waals surface area contributed by atoms with E-state index in [4.69, 9.17) is 16.3 Å². The zero-order chi connectivity index (χ0) is 12.3. The lowest BCUT2D eigenvalue weighted by Crippen LogP contribution is -2.36. The minimum atomic E-state index is 0.646. The number of H-pyrrole nitrogens is 1. The van der Waals surface area contributed by atoms with Crippen LogP contribution < -0.4 is 0 Å². The monoisotopic (exact) mass is 257 g/mol. The molecule has 1 aliphatic heterocycles. The number of aromatic nitrogens is 2. The molecule has 2 heterocycles. The van der Waals surface area contributed by atoms with Crippen LogP contribution in [-0.4, -0.2) is 41.9 Å². The SMILES string of the molecule is COC[C@@H]1CCCN(Cc2n[nH]c(C)c2Cl)C1. The number of rotatable bonds is 4. The molecule has 0 bridgehead atoms. The lowest BCUT2D eigenvalue weighted by atomic mass is 9.99. The second-order valence-corrected chi connectivity index (χ2v) is 5.19. The van der Waals surface area contributed by atoms with Crippen LogP contribution in [0, 0.1) is 12.8 Å². The molecular weight excluding hydrogens is 238 g/mol. The molecule has 2 rings (SSSR count). The van der Waals surface area contributed by atoms with E-state index in [1.54, 1.807) is 7.11 Å². The Morgan fingerprint density at radius 1 is 1.59 bits per heavy atom. The number of aryl methyl sites for hydroxylation is 1. The number of nitrogens with one attached hydrogen (secondary N) is 1. The molecule has 1 aromatic rings. The maximum atomic E-state index is 6.18. The summed E-state index contributed by atoms with van der Waals surface area (Å²) in [5, 5.41) is 7.96. The molecule has 0 aliphatic carbocycles. The minimum absolute atomic E-state index is 0.646. The first-order valence-corrected chi connectivity index (χ1v) is 6.49. The van der Waals surface area contributed by atoms with E-state index in [0.717, 1.165) is 42.7 Å². The quantitative estimate of drug-likeness (QED) is 0.899. The van der Waals surface area contributed by atoms with E-state index in [0.29, 0.717) is 5.92 Å². The van der Waals surface area contributed by atoms with Gasteiger partial charge in [0.25, 0.3) is 0 Å². The van der Waals surface area contributed by atoms with E-state index >= 15 is 0 Å². The second-order valence-electron chi connectivity index (χ2n) is 4.81. The Morgan fingerprint density at radius 3 is 3.06 bits per heavy atom. The molecule has 0 saturated carbocycles. The summed E-state index contributed by atoms with van der Waals surface area (Å²) in [6.07, 6.45) is 2.49. The molecule has 0 aromatic carbocycles. The van der Waals surface area contributed by atoms with E-state index in [1.165, 1.54) is 12.8 Å². The van der Waals surface area contributed by atoms with Gasteiger partial charge in [-0.1, -0.05) is 11.6 Å². The highest BCUT2D eigenvalue weighted by atomic mass is 35.5. The van der Waals surface area contributed by atoms with Crippen molar-refractivity contribution in [1.82, 2.24) is 15.1 Å². The van der Waals surface area contributed by atoms with Crippen LogP contribution in [0.1, 0.15) is 24.2 Å². The van der Waals surface area contributed by atoms with Gasteiger partial charge in [-0.15, -0.1) is 0 Å².